The summed E-state index contributed by atoms with van der Waals surface area (Å²) >= 11 is 1.70. The lowest BCUT2D eigenvalue weighted by Crippen LogP contribution is -2.06. The van der Waals surface area contributed by atoms with Crippen molar-refractivity contribution >= 4 is 33.3 Å². The number of thiophene rings is 1. The minimum Gasteiger partial charge on any atom is -0.462 e. The van der Waals surface area contributed by atoms with Crippen LogP contribution >= 0.6 is 11.3 Å². The van der Waals surface area contributed by atoms with Gasteiger partial charge in [0.25, 0.3) is 0 Å². The van der Waals surface area contributed by atoms with Gasteiger partial charge in [-0.2, -0.15) is 0 Å². The Morgan fingerprint density at radius 3 is 2.85 bits per heavy atom. The number of fused-ring (bicyclic) bond motifs is 1. The van der Waals surface area contributed by atoms with Crippen LogP contribution in [0.4, 0.5) is 5.82 Å². The largest absolute Gasteiger partial charge is 0.462 e. The fourth-order valence-electron chi connectivity index (χ4n) is 3.15. The lowest BCUT2D eigenvalue weighted by molar-refractivity contribution is 0.0526. The normalized spacial score (nSPS) is 13.7. The molecule has 0 amide bonds. The minimum absolute atomic E-state index is 0.261. The van der Waals surface area contributed by atoms with Crippen LogP contribution in [0.5, 0.6) is 0 Å². The van der Waals surface area contributed by atoms with Crippen LogP contribution in [-0.2, 0) is 17.6 Å². The number of aromatic nitrogens is 2. The summed E-state index contributed by atoms with van der Waals surface area (Å²) in [7, 11) is 0. The van der Waals surface area contributed by atoms with Gasteiger partial charge in [-0.3, -0.25) is 0 Å². The smallest absolute Gasteiger partial charge is 0.338 e. The van der Waals surface area contributed by atoms with Crippen LogP contribution in [0.25, 0.3) is 10.2 Å². The van der Waals surface area contributed by atoms with E-state index in [4.69, 9.17) is 4.74 Å². The Kier molecular flexibility index (Phi) is 5.07. The first-order valence-corrected chi connectivity index (χ1v) is 10.3. The van der Waals surface area contributed by atoms with Gasteiger partial charge >= 0.3 is 5.97 Å². The highest BCUT2D eigenvalue weighted by Gasteiger charge is 2.23. The van der Waals surface area contributed by atoms with Crippen molar-refractivity contribution in [3.8, 4) is 0 Å². The Labute approximate surface area is 162 Å². The zero-order valence-corrected chi connectivity index (χ0v) is 16.4. The van der Waals surface area contributed by atoms with Crippen molar-refractivity contribution in [1.29, 1.82) is 0 Å². The molecular weight excluding hydrogens is 358 g/mol. The molecule has 0 spiro atoms. The third-order valence-corrected chi connectivity index (χ3v) is 5.89. The second-order valence-corrected chi connectivity index (χ2v) is 7.82. The summed E-state index contributed by atoms with van der Waals surface area (Å²) in [4.78, 5) is 20.9. The zero-order chi connectivity index (χ0) is 18.8. The Balaban J connectivity index is 1.53. The number of hydrogen-bond donors (Lipinski definition) is 1. The number of rotatable bonds is 7. The van der Waals surface area contributed by atoms with Gasteiger partial charge in [0.05, 0.1) is 22.4 Å². The van der Waals surface area contributed by atoms with E-state index in [0.29, 0.717) is 18.2 Å². The number of benzene rings is 1. The SMILES string of the molecule is CCOC(=O)c1ccc(C)c(CCc2csc3c(NC4CC4)ncnc23)c1. The highest BCUT2D eigenvalue weighted by Crippen LogP contribution is 2.33. The Bertz CT molecular complexity index is 979. The van der Waals surface area contributed by atoms with Gasteiger partial charge in [0.2, 0.25) is 0 Å². The molecule has 4 rings (SSSR count). The number of ether oxygens (including phenoxy) is 1. The molecule has 6 heteroatoms. The standard InChI is InChI=1S/C21H23N3O2S/c1-3-26-21(25)15-5-4-13(2)14(10-15)6-7-16-11-27-19-18(16)22-12-23-20(19)24-17-8-9-17/h4-5,10-12,17H,3,6-9H2,1-2H3,(H,22,23,24). The maximum atomic E-state index is 12.0. The summed E-state index contributed by atoms with van der Waals surface area (Å²) in [6.45, 7) is 4.29. The van der Waals surface area contributed by atoms with Crippen molar-refractivity contribution in [2.75, 3.05) is 11.9 Å². The fraction of sp³-hybridized carbons (Fsp3) is 0.381. The van der Waals surface area contributed by atoms with E-state index in [1.165, 1.54) is 29.5 Å². The predicted molar refractivity (Wildman–Crippen MR) is 109 cm³/mol. The third kappa shape index (κ3) is 3.95. The first-order chi connectivity index (χ1) is 13.2. The molecule has 1 N–H and O–H groups in total. The summed E-state index contributed by atoms with van der Waals surface area (Å²) in [5.41, 5.74) is 5.25. The average molecular weight is 382 g/mol. The predicted octanol–water partition coefficient (Wildman–Crippen LogP) is 4.54. The van der Waals surface area contributed by atoms with E-state index in [1.807, 2.05) is 25.1 Å². The van der Waals surface area contributed by atoms with Crippen LogP contribution in [0, 0.1) is 6.92 Å². The molecule has 1 aliphatic carbocycles. The highest BCUT2D eigenvalue weighted by molar-refractivity contribution is 7.18. The first-order valence-electron chi connectivity index (χ1n) is 9.40. The van der Waals surface area contributed by atoms with E-state index in [1.54, 1.807) is 17.7 Å². The Hall–Kier alpha value is -2.47. The quantitative estimate of drug-likeness (QED) is 0.609. The fourth-order valence-corrected chi connectivity index (χ4v) is 4.16. The minimum atomic E-state index is -0.261. The molecule has 3 aromatic rings. The second-order valence-electron chi connectivity index (χ2n) is 6.94. The zero-order valence-electron chi connectivity index (χ0n) is 15.6. The van der Waals surface area contributed by atoms with Crippen molar-refractivity contribution in [3.63, 3.8) is 0 Å². The number of esters is 1. The molecule has 27 heavy (non-hydrogen) atoms. The summed E-state index contributed by atoms with van der Waals surface area (Å²) in [6, 6.07) is 6.35. The molecular formula is C21H23N3O2S. The van der Waals surface area contributed by atoms with Gasteiger partial charge in [0.1, 0.15) is 12.1 Å². The van der Waals surface area contributed by atoms with Crippen molar-refractivity contribution in [2.24, 2.45) is 0 Å². The van der Waals surface area contributed by atoms with Gasteiger partial charge < -0.3 is 10.1 Å². The number of anilines is 1. The van der Waals surface area contributed by atoms with E-state index in [2.05, 4.69) is 27.6 Å². The van der Waals surface area contributed by atoms with E-state index in [0.717, 1.165) is 28.9 Å². The van der Waals surface area contributed by atoms with Crippen molar-refractivity contribution < 1.29 is 9.53 Å². The van der Waals surface area contributed by atoms with Gasteiger partial charge in [0, 0.05) is 6.04 Å². The van der Waals surface area contributed by atoms with Crippen molar-refractivity contribution in [3.05, 3.63) is 52.2 Å². The van der Waals surface area contributed by atoms with Crippen LogP contribution in [0.1, 0.15) is 46.8 Å². The van der Waals surface area contributed by atoms with Gasteiger partial charge in [0.15, 0.2) is 0 Å². The number of aryl methyl sites for hydroxylation is 3. The molecule has 2 heterocycles. The topological polar surface area (TPSA) is 64.1 Å². The van der Waals surface area contributed by atoms with Crippen molar-refractivity contribution in [2.45, 2.75) is 45.6 Å². The molecule has 2 aromatic heterocycles. The van der Waals surface area contributed by atoms with Crippen LogP contribution in [0.3, 0.4) is 0 Å². The van der Waals surface area contributed by atoms with E-state index in [9.17, 15) is 4.79 Å². The van der Waals surface area contributed by atoms with Crippen LogP contribution in [-0.4, -0.2) is 28.6 Å². The van der Waals surface area contributed by atoms with Gasteiger partial charge in [-0.05, 0) is 73.7 Å². The number of carbonyl (C=O) groups is 1. The van der Waals surface area contributed by atoms with E-state index < -0.39 is 0 Å². The van der Waals surface area contributed by atoms with E-state index >= 15 is 0 Å². The molecule has 1 aromatic carbocycles. The molecule has 140 valence electrons. The molecule has 0 radical (unpaired) electrons. The molecule has 1 saturated carbocycles. The molecule has 0 aliphatic heterocycles. The molecule has 0 unspecified atom stereocenters. The highest BCUT2D eigenvalue weighted by atomic mass is 32.1. The maximum Gasteiger partial charge on any atom is 0.338 e. The lowest BCUT2D eigenvalue weighted by atomic mass is 9.99. The first kappa shape index (κ1) is 17.9. The summed E-state index contributed by atoms with van der Waals surface area (Å²) in [5.74, 6) is 0.697. The molecule has 0 saturated heterocycles. The maximum absolute atomic E-state index is 12.0. The molecule has 1 fully saturated rings. The molecule has 1 aliphatic rings. The number of nitrogens with one attached hydrogen (secondary N) is 1. The van der Waals surface area contributed by atoms with Crippen LogP contribution < -0.4 is 5.32 Å². The summed E-state index contributed by atoms with van der Waals surface area (Å²) < 4.78 is 6.26. The van der Waals surface area contributed by atoms with Gasteiger partial charge in [-0.1, -0.05) is 6.07 Å². The van der Waals surface area contributed by atoms with Crippen molar-refractivity contribution in [1.82, 2.24) is 9.97 Å². The third-order valence-electron chi connectivity index (χ3n) is 4.87. The van der Waals surface area contributed by atoms with Gasteiger partial charge in [-0.25, -0.2) is 14.8 Å². The lowest BCUT2D eigenvalue weighted by Gasteiger charge is -2.09. The molecule has 0 atom stereocenters. The number of carbonyl (C=O) groups excluding carboxylic acids is 1. The summed E-state index contributed by atoms with van der Waals surface area (Å²) in [5, 5.41) is 5.68. The number of nitrogens with zero attached hydrogens (tertiary/aromatic N) is 2. The van der Waals surface area contributed by atoms with Crippen LogP contribution in [0.15, 0.2) is 29.9 Å². The second kappa shape index (κ2) is 7.64. The van der Waals surface area contributed by atoms with E-state index in [-0.39, 0.29) is 5.97 Å². The Morgan fingerprint density at radius 1 is 1.26 bits per heavy atom. The molecule has 0 bridgehead atoms. The Morgan fingerprint density at radius 2 is 2.07 bits per heavy atom. The van der Waals surface area contributed by atoms with Gasteiger partial charge in [-0.15, -0.1) is 11.3 Å². The number of hydrogen-bond acceptors (Lipinski definition) is 6. The van der Waals surface area contributed by atoms with Crippen LogP contribution in [0.2, 0.25) is 0 Å². The summed E-state index contributed by atoms with van der Waals surface area (Å²) in [6.07, 6.45) is 5.84. The average Bonchev–Trinajstić information content (AvgIpc) is 3.38. The monoisotopic (exact) mass is 381 g/mol. The molecule has 5 nitrogen and oxygen atoms in total.